The Bertz CT molecular complexity index is 689. The van der Waals surface area contributed by atoms with Crippen LogP contribution in [0.1, 0.15) is 40.2 Å². The van der Waals surface area contributed by atoms with Crippen molar-refractivity contribution in [1.82, 2.24) is 9.47 Å². The fraction of sp³-hybridized carbons (Fsp3) is 0.667. The minimum absolute atomic E-state index is 0.125. The molecule has 2 rings (SSSR count). The Morgan fingerprint density at radius 1 is 1.40 bits per heavy atom. The van der Waals surface area contributed by atoms with Gasteiger partial charge < -0.3 is 19.1 Å². The van der Waals surface area contributed by atoms with Gasteiger partial charge in [0.1, 0.15) is 17.4 Å². The van der Waals surface area contributed by atoms with E-state index in [-0.39, 0.29) is 12.2 Å². The van der Waals surface area contributed by atoms with Crippen LogP contribution >= 0.6 is 0 Å². The van der Waals surface area contributed by atoms with Crippen LogP contribution in [0, 0.1) is 0 Å². The number of hydrogen-bond donors (Lipinski definition) is 1. The standard InChI is InChI=1S/C18H28N2O5/c1-17(2,3)25-16(23)20-13(14(11-21)24-18(20,4)5)9-12-7-8-19(6)15(22)10-12/h7-8,10,13-14,21H,9,11H2,1-6H3/t13-,14+/m0/s1. The van der Waals surface area contributed by atoms with Gasteiger partial charge in [-0.2, -0.15) is 0 Å². The van der Waals surface area contributed by atoms with Crippen molar-refractivity contribution in [2.45, 2.75) is 64.5 Å². The maximum Gasteiger partial charge on any atom is 0.412 e. The van der Waals surface area contributed by atoms with Gasteiger partial charge in [-0.3, -0.25) is 9.69 Å². The van der Waals surface area contributed by atoms with Crippen molar-refractivity contribution in [2.75, 3.05) is 6.61 Å². The van der Waals surface area contributed by atoms with Crippen LogP contribution in [-0.4, -0.2) is 50.7 Å². The Hall–Kier alpha value is -1.86. The molecule has 1 aliphatic heterocycles. The number of rotatable bonds is 3. The minimum Gasteiger partial charge on any atom is -0.444 e. The summed E-state index contributed by atoms with van der Waals surface area (Å²) >= 11 is 0. The van der Waals surface area contributed by atoms with E-state index < -0.39 is 29.6 Å². The van der Waals surface area contributed by atoms with E-state index >= 15 is 0 Å². The van der Waals surface area contributed by atoms with E-state index in [9.17, 15) is 14.7 Å². The molecule has 1 amide bonds. The van der Waals surface area contributed by atoms with E-state index in [1.54, 1.807) is 47.9 Å². The van der Waals surface area contributed by atoms with Gasteiger partial charge in [-0.05, 0) is 52.7 Å². The lowest BCUT2D eigenvalue weighted by Crippen LogP contribution is -2.51. The van der Waals surface area contributed by atoms with Crippen molar-refractivity contribution in [1.29, 1.82) is 0 Å². The van der Waals surface area contributed by atoms with Crippen LogP contribution in [0.5, 0.6) is 0 Å². The highest BCUT2D eigenvalue weighted by molar-refractivity contribution is 5.70. The summed E-state index contributed by atoms with van der Waals surface area (Å²) in [5.41, 5.74) is -0.904. The third-order valence-electron chi connectivity index (χ3n) is 4.16. The normalized spacial score (nSPS) is 22.9. The summed E-state index contributed by atoms with van der Waals surface area (Å²) in [6.45, 7) is 8.71. The third kappa shape index (κ3) is 4.41. The van der Waals surface area contributed by atoms with Gasteiger partial charge in [-0.1, -0.05) is 0 Å². The molecule has 0 radical (unpaired) electrons. The molecular weight excluding hydrogens is 324 g/mol. The number of pyridine rings is 1. The Morgan fingerprint density at radius 2 is 2.04 bits per heavy atom. The summed E-state index contributed by atoms with van der Waals surface area (Å²) in [4.78, 5) is 26.1. The maximum absolute atomic E-state index is 12.7. The summed E-state index contributed by atoms with van der Waals surface area (Å²) in [6.07, 6.45) is 1.03. The number of aliphatic hydroxyl groups is 1. The van der Waals surface area contributed by atoms with E-state index in [1.165, 1.54) is 15.5 Å². The number of ether oxygens (including phenoxy) is 2. The number of aromatic nitrogens is 1. The van der Waals surface area contributed by atoms with Gasteiger partial charge in [0.05, 0.1) is 12.6 Å². The summed E-state index contributed by atoms with van der Waals surface area (Å²) in [7, 11) is 1.68. The molecule has 0 saturated carbocycles. The summed E-state index contributed by atoms with van der Waals surface area (Å²) < 4.78 is 12.9. The summed E-state index contributed by atoms with van der Waals surface area (Å²) in [5.74, 6) is 0. The molecule has 2 atom stereocenters. The fourth-order valence-electron chi connectivity index (χ4n) is 3.08. The Labute approximate surface area is 148 Å². The number of amides is 1. The van der Waals surface area contributed by atoms with Gasteiger partial charge in [0.25, 0.3) is 5.56 Å². The lowest BCUT2D eigenvalue weighted by molar-refractivity contribution is -0.0866. The first-order valence-electron chi connectivity index (χ1n) is 8.41. The van der Waals surface area contributed by atoms with E-state index in [0.29, 0.717) is 6.42 Å². The number of aliphatic hydroxyl groups excluding tert-OH is 1. The van der Waals surface area contributed by atoms with Crippen LogP contribution in [0.25, 0.3) is 0 Å². The molecule has 0 aromatic carbocycles. The number of carbonyl (C=O) groups is 1. The molecule has 1 saturated heterocycles. The number of carbonyl (C=O) groups excluding carboxylic acids is 1. The number of aryl methyl sites for hydroxylation is 1. The van der Waals surface area contributed by atoms with Crippen LogP contribution in [0.3, 0.4) is 0 Å². The van der Waals surface area contributed by atoms with E-state index in [1.807, 2.05) is 6.07 Å². The molecule has 0 aliphatic carbocycles. The molecule has 7 heteroatoms. The fourth-order valence-corrected chi connectivity index (χ4v) is 3.08. The minimum atomic E-state index is -0.917. The predicted octanol–water partition coefficient (Wildman–Crippen LogP) is 1.66. The van der Waals surface area contributed by atoms with E-state index in [2.05, 4.69) is 0 Å². The van der Waals surface area contributed by atoms with E-state index in [4.69, 9.17) is 9.47 Å². The molecule has 1 N–H and O–H groups in total. The molecule has 1 aromatic heterocycles. The van der Waals surface area contributed by atoms with Crippen molar-refractivity contribution in [3.8, 4) is 0 Å². The summed E-state index contributed by atoms with van der Waals surface area (Å²) in [6, 6.07) is 2.93. The van der Waals surface area contributed by atoms with Crippen molar-refractivity contribution in [3.63, 3.8) is 0 Å². The van der Waals surface area contributed by atoms with Crippen LogP contribution in [0.4, 0.5) is 4.79 Å². The summed E-state index contributed by atoms with van der Waals surface area (Å²) in [5, 5.41) is 9.71. The van der Waals surface area contributed by atoms with Crippen molar-refractivity contribution in [2.24, 2.45) is 7.05 Å². The first-order valence-corrected chi connectivity index (χ1v) is 8.41. The first kappa shape index (κ1) is 19.5. The third-order valence-corrected chi connectivity index (χ3v) is 4.16. The molecule has 0 spiro atoms. The molecule has 2 heterocycles. The van der Waals surface area contributed by atoms with Crippen LogP contribution < -0.4 is 5.56 Å². The van der Waals surface area contributed by atoms with Crippen molar-refractivity contribution in [3.05, 3.63) is 34.2 Å². The van der Waals surface area contributed by atoms with Gasteiger partial charge in [-0.25, -0.2) is 4.79 Å². The maximum atomic E-state index is 12.7. The van der Waals surface area contributed by atoms with Crippen molar-refractivity contribution < 1.29 is 19.4 Å². The number of hydrogen-bond acceptors (Lipinski definition) is 5. The smallest absolute Gasteiger partial charge is 0.412 e. The van der Waals surface area contributed by atoms with Crippen LogP contribution in [0.2, 0.25) is 0 Å². The SMILES string of the molecule is Cn1ccc(C[C@H]2[C@@H](CO)OC(C)(C)N2C(=O)OC(C)(C)C)cc1=O. The van der Waals surface area contributed by atoms with Crippen LogP contribution in [-0.2, 0) is 22.9 Å². The lowest BCUT2D eigenvalue weighted by atomic mass is 10.0. The second kappa shape index (κ2) is 6.80. The van der Waals surface area contributed by atoms with Crippen LogP contribution in [0.15, 0.2) is 23.1 Å². The lowest BCUT2D eigenvalue weighted by Gasteiger charge is -2.35. The average Bonchev–Trinajstić information content (AvgIpc) is 2.71. The number of nitrogens with zero attached hydrogens (tertiary/aromatic N) is 2. The molecule has 1 fully saturated rings. The monoisotopic (exact) mass is 352 g/mol. The van der Waals surface area contributed by atoms with Gasteiger partial charge in [0.15, 0.2) is 0 Å². The largest absolute Gasteiger partial charge is 0.444 e. The molecule has 1 aliphatic rings. The molecule has 1 aromatic rings. The zero-order chi connectivity index (χ0) is 19.0. The molecule has 25 heavy (non-hydrogen) atoms. The molecule has 0 bridgehead atoms. The zero-order valence-electron chi connectivity index (χ0n) is 15.8. The topological polar surface area (TPSA) is 81.0 Å². The Balaban J connectivity index is 2.33. The second-order valence-corrected chi connectivity index (χ2v) is 7.89. The highest BCUT2D eigenvalue weighted by Crippen LogP contribution is 2.35. The van der Waals surface area contributed by atoms with Crippen molar-refractivity contribution >= 4 is 6.09 Å². The second-order valence-electron chi connectivity index (χ2n) is 7.89. The highest BCUT2D eigenvalue weighted by Gasteiger charge is 2.50. The molecule has 7 nitrogen and oxygen atoms in total. The predicted molar refractivity (Wildman–Crippen MR) is 93.3 cm³/mol. The highest BCUT2D eigenvalue weighted by atomic mass is 16.6. The Kier molecular flexibility index (Phi) is 5.30. The molecule has 140 valence electrons. The Morgan fingerprint density at radius 3 is 2.56 bits per heavy atom. The average molecular weight is 352 g/mol. The molecular formula is C18H28N2O5. The first-order chi connectivity index (χ1) is 11.4. The van der Waals surface area contributed by atoms with E-state index in [0.717, 1.165) is 5.56 Å². The zero-order valence-corrected chi connectivity index (χ0v) is 15.8. The quantitative estimate of drug-likeness (QED) is 0.895. The van der Waals surface area contributed by atoms with Gasteiger partial charge in [-0.15, -0.1) is 0 Å². The molecule has 0 unspecified atom stereocenters. The van der Waals surface area contributed by atoms with Gasteiger partial charge in [0.2, 0.25) is 0 Å². The van der Waals surface area contributed by atoms with Gasteiger partial charge in [0, 0.05) is 19.3 Å². The van der Waals surface area contributed by atoms with Gasteiger partial charge >= 0.3 is 6.09 Å².